The van der Waals surface area contributed by atoms with Crippen molar-refractivity contribution in [1.29, 1.82) is 0 Å². The van der Waals surface area contributed by atoms with Crippen molar-refractivity contribution in [2.75, 3.05) is 7.05 Å². The van der Waals surface area contributed by atoms with E-state index in [-0.39, 0.29) is 0 Å². The summed E-state index contributed by atoms with van der Waals surface area (Å²) in [6, 6.07) is 2.72. The molecule has 0 aliphatic rings. The summed E-state index contributed by atoms with van der Waals surface area (Å²) < 4.78 is 0. The fraction of sp³-hybridized carbons (Fsp3) is 0.500. The third-order valence-corrected chi connectivity index (χ3v) is 3.60. The molecule has 0 fully saturated rings. The molecule has 1 atom stereocenters. The van der Waals surface area contributed by atoms with Gasteiger partial charge in [0.2, 0.25) is 0 Å². The van der Waals surface area contributed by atoms with Gasteiger partial charge in [-0.2, -0.15) is 0 Å². The predicted molar refractivity (Wildman–Crippen MR) is 64.9 cm³/mol. The first kappa shape index (κ1) is 11.5. The van der Waals surface area contributed by atoms with Crippen LogP contribution in [0.15, 0.2) is 24.1 Å². The average molecular weight is 209 g/mol. The highest BCUT2D eigenvalue weighted by Crippen LogP contribution is 2.27. The minimum atomic E-state index is 0.523. The first-order chi connectivity index (χ1) is 6.79. The van der Waals surface area contributed by atoms with E-state index in [4.69, 9.17) is 0 Å². The first-order valence-electron chi connectivity index (χ1n) is 5.11. The number of nitrogens with one attached hydrogen (secondary N) is 1. The van der Waals surface area contributed by atoms with Crippen LogP contribution in [-0.2, 0) is 0 Å². The number of hydrogen-bond donors (Lipinski definition) is 1. The van der Waals surface area contributed by atoms with Gasteiger partial charge < -0.3 is 5.32 Å². The molecule has 0 aliphatic carbocycles. The lowest BCUT2D eigenvalue weighted by molar-refractivity contribution is 0.536. The third kappa shape index (κ3) is 2.96. The molecule has 0 saturated carbocycles. The lowest BCUT2D eigenvalue weighted by Gasteiger charge is -2.15. The van der Waals surface area contributed by atoms with Gasteiger partial charge in [-0.1, -0.05) is 6.08 Å². The zero-order chi connectivity index (χ0) is 10.4. The molecule has 1 aromatic rings. The molecule has 1 unspecified atom stereocenters. The Labute approximate surface area is 90.9 Å². The van der Waals surface area contributed by atoms with Crippen LogP contribution in [0.1, 0.15) is 35.7 Å². The minimum absolute atomic E-state index is 0.523. The van der Waals surface area contributed by atoms with E-state index in [0.717, 1.165) is 6.42 Å². The first-order valence-corrected chi connectivity index (χ1v) is 5.99. The normalized spacial score (nSPS) is 12.7. The molecular formula is C12H19NS. The van der Waals surface area contributed by atoms with Gasteiger partial charge in [-0.05, 0) is 50.2 Å². The van der Waals surface area contributed by atoms with Crippen molar-refractivity contribution >= 4 is 11.3 Å². The standard InChI is InChI=1S/C12H19NS/c1-4-5-6-7-11(13-3)12-10(2)8-9-14-12/h4,8-9,11,13H,1,5-7H2,2-3H3. The minimum Gasteiger partial charge on any atom is -0.312 e. The maximum Gasteiger partial charge on any atom is 0.0415 e. The van der Waals surface area contributed by atoms with Crippen LogP contribution in [-0.4, -0.2) is 7.05 Å². The lowest BCUT2D eigenvalue weighted by atomic mass is 10.1. The molecule has 0 spiro atoms. The van der Waals surface area contributed by atoms with E-state index in [1.165, 1.54) is 23.3 Å². The van der Waals surface area contributed by atoms with Gasteiger partial charge in [0.05, 0.1) is 0 Å². The SMILES string of the molecule is C=CCCCC(NC)c1sccc1C. The maximum atomic E-state index is 3.75. The summed E-state index contributed by atoms with van der Waals surface area (Å²) in [5.74, 6) is 0. The Morgan fingerprint density at radius 3 is 2.93 bits per heavy atom. The summed E-state index contributed by atoms with van der Waals surface area (Å²) in [7, 11) is 2.04. The Bertz CT molecular complexity index is 278. The second kappa shape index (κ2) is 5.99. The molecule has 2 heteroatoms. The summed E-state index contributed by atoms with van der Waals surface area (Å²) in [5.41, 5.74) is 1.41. The molecule has 14 heavy (non-hydrogen) atoms. The molecule has 1 aromatic heterocycles. The molecule has 1 heterocycles. The molecule has 0 radical (unpaired) electrons. The number of aryl methyl sites for hydroxylation is 1. The second-order valence-electron chi connectivity index (χ2n) is 3.53. The maximum absolute atomic E-state index is 3.75. The zero-order valence-corrected chi connectivity index (χ0v) is 9.86. The summed E-state index contributed by atoms with van der Waals surface area (Å²) >= 11 is 1.85. The molecule has 1 nitrogen and oxygen atoms in total. The van der Waals surface area contributed by atoms with Crippen LogP contribution in [0.4, 0.5) is 0 Å². The van der Waals surface area contributed by atoms with E-state index in [9.17, 15) is 0 Å². The Hall–Kier alpha value is -0.600. The molecule has 78 valence electrons. The van der Waals surface area contributed by atoms with Crippen molar-refractivity contribution in [1.82, 2.24) is 5.32 Å². The van der Waals surface area contributed by atoms with E-state index in [1.807, 2.05) is 24.5 Å². The molecular weight excluding hydrogens is 190 g/mol. The van der Waals surface area contributed by atoms with E-state index < -0.39 is 0 Å². The van der Waals surface area contributed by atoms with E-state index in [2.05, 4.69) is 30.3 Å². The van der Waals surface area contributed by atoms with Gasteiger partial charge in [-0.15, -0.1) is 17.9 Å². The molecule has 0 amide bonds. The summed E-state index contributed by atoms with van der Waals surface area (Å²) in [6.45, 7) is 5.93. The van der Waals surface area contributed by atoms with Gasteiger partial charge in [-0.25, -0.2) is 0 Å². The van der Waals surface area contributed by atoms with Crippen molar-refractivity contribution in [3.8, 4) is 0 Å². The Morgan fingerprint density at radius 1 is 1.64 bits per heavy atom. The van der Waals surface area contributed by atoms with Crippen LogP contribution < -0.4 is 5.32 Å². The highest BCUT2D eigenvalue weighted by atomic mass is 32.1. The molecule has 0 aromatic carbocycles. The topological polar surface area (TPSA) is 12.0 Å². The van der Waals surface area contributed by atoms with Gasteiger partial charge in [0, 0.05) is 10.9 Å². The number of hydrogen-bond acceptors (Lipinski definition) is 2. The van der Waals surface area contributed by atoms with Gasteiger partial charge in [0.25, 0.3) is 0 Å². The summed E-state index contributed by atoms with van der Waals surface area (Å²) in [5, 5.41) is 5.55. The van der Waals surface area contributed by atoms with Gasteiger partial charge in [0.1, 0.15) is 0 Å². The summed E-state index contributed by atoms with van der Waals surface area (Å²) in [6.07, 6.45) is 5.52. The number of allylic oxidation sites excluding steroid dienone is 1. The molecule has 0 bridgehead atoms. The van der Waals surface area contributed by atoms with Crippen LogP contribution in [0.5, 0.6) is 0 Å². The van der Waals surface area contributed by atoms with E-state index in [0.29, 0.717) is 6.04 Å². The average Bonchev–Trinajstić information content (AvgIpc) is 2.60. The zero-order valence-electron chi connectivity index (χ0n) is 9.05. The van der Waals surface area contributed by atoms with Crippen LogP contribution in [0.3, 0.4) is 0 Å². The quantitative estimate of drug-likeness (QED) is 0.557. The van der Waals surface area contributed by atoms with Crippen molar-refractivity contribution in [3.63, 3.8) is 0 Å². The van der Waals surface area contributed by atoms with Gasteiger partial charge in [0.15, 0.2) is 0 Å². The van der Waals surface area contributed by atoms with Crippen molar-refractivity contribution in [2.45, 2.75) is 32.2 Å². The van der Waals surface area contributed by atoms with Crippen molar-refractivity contribution < 1.29 is 0 Å². The van der Waals surface area contributed by atoms with Crippen molar-refractivity contribution in [2.24, 2.45) is 0 Å². The predicted octanol–water partition coefficient (Wildman–Crippen LogP) is 3.67. The van der Waals surface area contributed by atoms with Crippen LogP contribution in [0, 0.1) is 6.92 Å². The molecule has 1 rings (SSSR count). The van der Waals surface area contributed by atoms with E-state index >= 15 is 0 Å². The number of thiophene rings is 1. The van der Waals surface area contributed by atoms with Gasteiger partial charge >= 0.3 is 0 Å². The smallest absolute Gasteiger partial charge is 0.0415 e. The number of rotatable bonds is 6. The molecule has 0 aliphatic heterocycles. The van der Waals surface area contributed by atoms with Crippen LogP contribution in [0.2, 0.25) is 0 Å². The number of unbranched alkanes of at least 4 members (excludes halogenated alkanes) is 1. The van der Waals surface area contributed by atoms with Crippen LogP contribution in [0.25, 0.3) is 0 Å². The van der Waals surface area contributed by atoms with Crippen molar-refractivity contribution in [3.05, 3.63) is 34.5 Å². The summed E-state index contributed by atoms with van der Waals surface area (Å²) in [4.78, 5) is 1.48. The molecule has 0 saturated heterocycles. The third-order valence-electron chi connectivity index (χ3n) is 2.47. The monoisotopic (exact) mass is 209 g/mol. The fourth-order valence-corrected chi connectivity index (χ4v) is 2.69. The Morgan fingerprint density at radius 2 is 2.43 bits per heavy atom. The van der Waals surface area contributed by atoms with Gasteiger partial charge in [-0.3, -0.25) is 0 Å². The highest BCUT2D eigenvalue weighted by molar-refractivity contribution is 7.10. The lowest BCUT2D eigenvalue weighted by Crippen LogP contribution is -2.15. The Kier molecular flexibility index (Phi) is 4.91. The fourth-order valence-electron chi connectivity index (χ4n) is 1.61. The Balaban J connectivity index is 2.54. The van der Waals surface area contributed by atoms with E-state index in [1.54, 1.807) is 0 Å². The largest absolute Gasteiger partial charge is 0.312 e. The second-order valence-corrected chi connectivity index (χ2v) is 4.48. The van der Waals surface area contributed by atoms with Crippen LogP contribution >= 0.6 is 11.3 Å². The highest BCUT2D eigenvalue weighted by Gasteiger charge is 2.11. The molecule has 1 N–H and O–H groups in total.